The summed E-state index contributed by atoms with van der Waals surface area (Å²) in [7, 11) is 0. The number of thioether (sulfide) groups is 1. The molecule has 0 aromatic heterocycles. The SMILES string of the molecule is NC1CCSc2c(C(=O)Nc3ccc(F)c(F)c3)ccc(F)c21. The fourth-order valence-electron chi connectivity index (χ4n) is 2.46. The lowest BCUT2D eigenvalue weighted by molar-refractivity contribution is 0.102. The number of hydrogen-bond acceptors (Lipinski definition) is 3. The highest BCUT2D eigenvalue weighted by Crippen LogP contribution is 2.39. The lowest BCUT2D eigenvalue weighted by atomic mass is 10.0. The summed E-state index contributed by atoms with van der Waals surface area (Å²) in [5, 5.41) is 2.49. The molecule has 3 rings (SSSR count). The van der Waals surface area contributed by atoms with Crippen molar-refractivity contribution in [3.63, 3.8) is 0 Å². The summed E-state index contributed by atoms with van der Waals surface area (Å²) in [6, 6.07) is 5.18. The van der Waals surface area contributed by atoms with Gasteiger partial charge in [-0.2, -0.15) is 0 Å². The van der Waals surface area contributed by atoms with Gasteiger partial charge in [0.1, 0.15) is 5.82 Å². The van der Waals surface area contributed by atoms with Crippen LogP contribution in [0.1, 0.15) is 28.4 Å². The summed E-state index contributed by atoms with van der Waals surface area (Å²) in [6.45, 7) is 0. The molecule has 1 unspecified atom stereocenters. The summed E-state index contributed by atoms with van der Waals surface area (Å²) < 4.78 is 40.1. The summed E-state index contributed by atoms with van der Waals surface area (Å²) in [5.41, 5.74) is 6.65. The molecule has 1 aliphatic heterocycles. The Morgan fingerprint density at radius 2 is 1.87 bits per heavy atom. The van der Waals surface area contributed by atoms with E-state index in [-0.39, 0.29) is 11.3 Å². The maximum absolute atomic E-state index is 14.0. The molecular weight excluding hydrogens is 325 g/mol. The number of nitrogens with two attached hydrogens (primary N) is 1. The molecule has 120 valence electrons. The quantitative estimate of drug-likeness (QED) is 0.874. The summed E-state index contributed by atoms with van der Waals surface area (Å²) in [6.07, 6.45) is 0.628. The second-order valence-corrected chi connectivity index (χ2v) is 6.27. The topological polar surface area (TPSA) is 55.1 Å². The third kappa shape index (κ3) is 3.07. The standard InChI is InChI=1S/C16H13F3N2OS/c17-10-3-1-8(7-12(10)19)21-16(22)9-2-4-11(18)14-13(20)5-6-23-15(9)14/h1-4,7,13H,5-6,20H2,(H,21,22). The van der Waals surface area contributed by atoms with Crippen LogP contribution in [0.5, 0.6) is 0 Å². The third-order valence-electron chi connectivity index (χ3n) is 3.61. The van der Waals surface area contributed by atoms with Gasteiger partial charge in [-0.15, -0.1) is 11.8 Å². The van der Waals surface area contributed by atoms with Gasteiger partial charge in [0.2, 0.25) is 0 Å². The minimum absolute atomic E-state index is 0.122. The third-order valence-corrected chi connectivity index (χ3v) is 4.78. The van der Waals surface area contributed by atoms with Gasteiger partial charge >= 0.3 is 0 Å². The predicted octanol–water partition coefficient (Wildman–Crippen LogP) is 3.85. The van der Waals surface area contributed by atoms with Crippen molar-refractivity contribution in [3.05, 3.63) is 58.9 Å². The number of amides is 1. The zero-order valence-electron chi connectivity index (χ0n) is 11.9. The largest absolute Gasteiger partial charge is 0.324 e. The Bertz CT molecular complexity index is 782. The lowest BCUT2D eigenvalue weighted by Gasteiger charge is -2.24. The van der Waals surface area contributed by atoms with Crippen molar-refractivity contribution >= 4 is 23.4 Å². The van der Waals surface area contributed by atoms with E-state index in [1.807, 2.05) is 0 Å². The summed E-state index contributed by atoms with van der Waals surface area (Å²) in [4.78, 5) is 12.9. The van der Waals surface area contributed by atoms with Crippen molar-refractivity contribution in [1.82, 2.24) is 0 Å². The van der Waals surface area contributed by atoms with Crippen LogP contribution in [-0.2, 0) is 0 Å². The Labute approximate surface area is 135 Å². The molecule has 3 N–H and O–H groups in total. The molecule has 23 heavy (non-hydrogen) atoms. The van der Waals surface area contributed by atoms with Gasteiger partial charge in [-0.3, -0.25) is 4.79 Å². The lowest BCUT2D eigenvalue weighted by Crippen LogP contribution is -2.21. The number of fused-ring (bicyclic) bond motifs is 1. The second kappa shape index (κ2) is 6.25. The van der Waals surface area contributed by atoms with E-state index in [2.05, 4.69) is 5.32 Å². The average Bonchev–Trinajstić information content (AvgIpc) is 2.51. The molecule has 1 heterocycles. The molecule has 1 atom stereocenters. The first-order chi connectivity index (χ1) is 11.0. The van der Waals surface area contributed by atoms with Gasteiger partial charge in [0.25, 0.3) is 5.91 Å². The van der Waals surface area contributed by atoms with Crippen molar-refractivity contribution in [1.29, 1.82) is 0 Å². The van der Waals surface area contributed by atoms with Crippen molar-refractivity contribution in [3.8, 4) is 0 Å². The van der Waals surface area contributed by atoms with Crippen LogP contribution in [0.15, 0.2) is 35.2 Å². The molecular formula is C16H13F3N2OS. The van der Waals surface area contributed by atoms with Crippen LogP contribution in [0.4, 0.5) is 18.9 Å². The van der Waals surface area contributed by atoms with Crippen LogP contribution in [0, 0.1) is 17.5 Å². The van der Waals surface area contributed by atoms with Crippen molar-refractivity contribution in [2.45, 2.75) is 17.4 Å². The number of carbonyl (C=O) groups excluding carboxylic acids is 1. The van der Waals surface area contributed by atoms with Crippen LogP contribution in [-0.4, -0.2) is 11.7 Å². The molecule has 3 nitrogen and oxygen atoms in total. The van der Waals surface area contributed by atoms with E-state index < -0.39 is 29.4 Å². The van der Waals surface area contributed by atoms with E-state index >= 15 is 0 Å². The van der Waals surface area contributed by atoms with Crippen molar-refractivity contribution < 1.29 is 18.0 Å². The number of anilines is 1. The van der Waals surface area contributed by atoms with Gasteiger partial charge < -0.3 is 11.1 Å². The predicted molar refractivity (Wildman–Crippen MR) is 83.0 cm³/mol. The van der Waals surface area contributed by atoms with E-state index in [0.29, 0.717) is 22.6 Å². The monoisotopic (exact) mass is 338 g/mol. The first-order valence-corrected chi connectivity index (χ1v) is 7.93. The maximum atomic E-state index is 14.0. The Morgan fingerprint density at radius 1 is 1.13 bits per heavy atom. The minimum Gasteiger partial charge on any atom is -0.324 e. The molecule has 0 spiro atoms. The van der Waals surface area contributed by atoms with E-state index in [9.17, 15) is 18.0 Å². The fourth-order valence-corrected chi connectivity index (χ4v) is 3.76. The second-order valence-electron chi connectivity index (χ2n) is 5.16. The van der Waals surface area contributed by atoms with Crippen LogP contribution >= 0.6 is 11.8 Å². The van der Waals surface area contributed by atoms with Gasteiger partial charge in [0, 0.05) is 28.3 Å². The first-order valence-electron chi connectivity index (χ1n) is 6.94. The van der Waals surface area contributed by atoms with Crippen LogP contribution in [0.3, 0.4) is 0 Å². The molecule has 0 bridgehead atoms. The molecule has 2 aromatic rings. The van der Waals surface area contributed by atoms with Crippen LogP contribution in [0.2, 0.25) is 0 Å². The van der Waals surface area contributed by atoms with E-state index in [0.717, 1.165) is 12.1 Å². The molecule has 7 heteroatoms. The Hall–Kier alpha value is -1.99. The van der Waals surface area contributed by atoms with E-state index in [1.165, 1.54) is 30.0 Å². The molecule has 0 saturated heterocycles. The fraction of sp³-hybridized carbons (Fsp3) is 0.188. The zero-order chi connectivity index (χ0) is 16.6. The van der Waals surface area contributed by atoms with Crippen LogP contribution < -0.4 is 11.1 Å². The number of benzene rings is 2. The molecule has 1 amide bonds. The highest BCUT2D eigenvalue weighted by atomic mass is 32.2. The van der Waals surface area contributed by atoms with Gasteiger partial charge in [-0.1, -0.05) is 0 Å². The number of hydrogen-bond donors (Lipinski definition) is 2. The average molecular weight is 338 g/mol. The summed E-state index contributed by atoms with van der Waals surface area (Å²) >= 11 is 1.36. The number of nitrogens with one attached hydrogen (secondary N) is 1. The highest BCUT2D eigenvalue weighted by Gasteiger charge is 2.26. The van der Waals surface area contributed by atoms with E-state index in [4.69, 9.17) is 5.73 Å². The van der Waals surface area contributed by atoms with Crippen LogP contribution in [0.25, 0.3) is 0 Å². The number of halogens is 3. The number of carbonyl (C=O) groups is 1. The zero-order valence-corrected chi connectivity index (χ0v) is 12.7. The van der Waals surface area contributed by atoms with Gasteiger partial charge in [0.05, 0.1) is 5.56 Å². The van der Waals surface area contributed by atoms with Crippen molar-refractivity contribution in [2.75, 3.05) is 11.1 Å². The smallest absolute Gasteiger partial charge is 0.256 e. The van der Waals surface area contributed by atoms with Gasteiger partial charge in [0.15, 0.2) is 11.6 Å². The normalized spacial score (nSPS) is 16.8. The van der Waals surface area contributed by atoms with E-state index in [1.54, 1.807) is 0 Å². The Balaban J connectivity index is 1.94. The molecule has 0 fully saturated rings. The first kappa shape index (κ1) is 15.9. The van der Waals surface area contributed by atoms with Gasteiger partial charge in [-0.05, 0) is 36.4 Å². The Morgan fingerprint density at radius 3 is 2.61 bits per heavy atom. The minimum atomic E-state index is -1.06. The Kier molecular flexibility index (Phi) is 4.32. The molecule has 0 saturated carbocycles. The highest BCUT2D eigenvalue weighted by molar-refractivity contribution is 7.99. The molecule has 0 radical (unpaired) electrons. The molecule has 0 aliphatic carbocycles. The van der Waals surface area contributed by atoms with Gasteiger partial charge in [-0.25, -0.2) is 13.2 Å². The number of rotatable bonds is 2. The molecule has 1 aliphatic rings. The molecule has 2 aromatic carbocycles. The van der Waals surface area contributed by atoms with Crippen molar-refractivity contribution in [2.24, 2.45) is 5.73 Å². The summed E-state index contributed by atoms with van der Waals surface area (Å²) in [5.74, 6) is -2.33. The maximum Gasteiger partial charge on any atom is 0.256 e.